The number of nitrogens with zero attached hydrogens (tertiary/aromatic N) is 1. The van der Waals surface area contributed by atoms with Crippen LogP contribution in [-0.2, 0) is 0 Å². The zero-order valence-corrected chi connectivity index (χ0v) is 6.31. The molecular formula is C7H7NO4. The van der Waals surface area contributed by atoms with Crippen LogP contribution in [0.2, 0.25) is 0 Å². The molecule has 0 aliphatic heterocycles. The van der Waals surface area contributed by atoms with Crippen molar-refractivity contribution in [1.82, 2.24) is 4.73 Å². The number of carboxylic acids is 1. The quantitative estimate of drug-likeness (QED) is 0.584. The largest absolute Gasteiger partial charge is 0.476 e. The fourth-order valence-corrected chi connectivity index (χ4v) is 0.885. The van der Waals surface area contributed by atoms with Gasteiger partial charge in [0, 0.05) is 17.8 Å². The van der Waals surface area contributed by atoms with Crippen LogP contribution in [-0.4, -0.2) is 21.0 Å². The second kappa shape index (κ2) is 2.69. The van der Waals surface area contributed by atoms with E-state index in [0.717, 1.165) is 12.3 Å². The van der Waals surface area contributed by atoms with Crippen LogP contribution in [0, 0.1) is 6.92 Å². The Labute approximate surface area is 67.5 Å². The first-order valence-electron chi connectivity index (χ1n) is 3.19. The van der Waals surface area contributed by atoms with Gasteiger partial charge in [0.05, 0.1) is 0 Å². The summed E-state index contributed by atoms with van der Waals surface area (Å²) in [6, 6.07) is 1.10. The molecular weight excluding hydrogens is 162 g/mol. The van der Waals surface area contributed by atoms with E-state index in [9.17, 15) is 9.59 Å². The van der Waals surface area contributed by atoms with Gasteiger partial charge in [-0.3, -0.25) is 4.79 Å². The number of carboxylic acid groups (broad SMARTS) is 1. The van der Waals surface area contributed by atoms with E-state index >= 15 is 0 Å². The molecule has 1 aromatic rings. The summed E-state index contributed by atoms with van der Waals surface area (Å²) in [5.74, 6) is -1.33. The number of rotatable bonds is 1. The third kappa shape index (κ3) is 1.16. The number of hydrogen-bond donors (Lipinski definition) is 2. The van der Waals surface area contributed by atoms with E-state index in [4.69, 9.17) is 10.3 Å². The van der Waals surface area contributed by atoms with Crippen molar-refractivity contribution < 1.29 is 15.1 Å². The van der Waals surface area contributed by atoms with Gasteiger partial charge in [-0.05, 0) is 6.92 Å². The van der Waals surface area contributed by atoms with Crippen molar-refractivity contribution >= 4 is 5.97 Å². The SMILES string of the molecule is Cc1c(C(=O)O)n(O)ccc1=O. The molecule has 12 heavy (non-hydrogen) atoms. The maximum Gasteiger partial charge on any atom is 0.356 e. The summed E-state index contributed by atoms with van der Waals surface area (Å²) in [6.07, 6.45) is 0.999. The first-order chi connectivity index (χ1) is 5.54. The first kappa shape index (κ1) is 8.32. The average Bonchev–Trinajstić information content (AvgIpc) is 1.97. The summed E-state index contributed by atoms with van der Waals surface area (Å²) in [5, 5.41) is 17.5. The van der Waals surface area contributed by atoms with Crippen LogP contribution in [0.4, 0.5) is 0 Å². The van der Waals surface area contributed by atoms with Gasteiger partial charge < -0.3 is 10.3 Å². The number of hydrogen-bond acceptors (Lipinski definition) is 3. The molecule has 0 fully saturated rings. The number of aromatic carboxylic acids is 1. The van der Waals surface area contributed by atoms with Crippen LogP contribution < -0.4 is 5.43 Å². The molecule has 0 saturated carbocycles. The second-order valence-corrected chi connectivity index (χ2v) is 2.30. The Morgan fingerprint density at radius 2 is 2.17 bits per heavy atom. The maximum atomic E-state index is 10.9. The van der Waals surface area contributed by atoms with E-state index < -0.39 is 17.1 Å². The summed E-state index contributed by atoms with van der Waals surface area (Å²) < 4.78 is 0.416. The molecule has 0 spiro atoms. The van der Waals surface area contributed by atoms with Gasteiger partial charge in [-0.1, -0.05) is 0 Å². The molecule has 0 bridgehead atoms. The minimum atomic E-state index is -1.33. The molecule has 5 nitrogen and oxygen atoms in total. The predicted octanol–water partition coefficient (Wildman–Crippen LogP) is 0.0922. The molecule has 64 valence electrons. The van der Waals surface area contributed by atoms with E-state index in [1.165, 1.54) is 6.92 Å². The Hall–Kier alpha value is -1.78. The number of carbonyl (C=O) groups is 1. The van der Waals surface area contributed by atoms with Crippen LogP contribution in [0.15, 0.2) is 17.1 Å². The van der Waals surface area contributed by atoms with Crippen molar-refractivity contribution in [3.63, 3.8) is 0 Å². The molecule has 0 aromatic carbocycles. The Morgan fingerprint density at radius 1 is 1.58 bits per heavy atom. The highest BCUT2D eigenvalue weighted by atomic mass is 16.5. The lowest BCUT2D eigenvalue weighted by molar-refractivity contribution is 0.0638. The Balaban J connectivity index is 3.54. The van der Waals surface area contributed by atoms with E-state index in [1.54, 1.807) is 0 Å². The van der Waals surface area contributed by atoms with Gasteiger partial charge in [0.25, 0.3) is 0 Å². The normalized spacial score (nSPS) is 9.75. The Morgan fingerprint density at radius 3 is 2.58 bits per heavy atom. The molecule has 0 amide bonds. The van der Waals surface area contributed by atoms with Crippen molar-refractivity contribution in [2.45, 2.75) is 6.92 Å². The summed E-state index contributed by atoms with van der Waals surface area (Å²) in [4.78, 5) is 21.4. The van der Waals surface area contributed by atoms with Gasteiger partial charge >= 0.3 is 5.97 Å². The molecule has 0 saturated heterocycles. The number of pyridine rings is 1. The Bertz CT molecular complexity index is 379. The smallest absolute Gasteiger partial charge is 0.356 e. The average molecular weight is 169 g/mol. The van der Waals surface area contributed by atoms with Gasteiger partial charge in [-0.2, -0.15) is 4.73 Å². The molecule has 5 heteroatoms. The minimum Gasteiger partial charge on any atom is -0.476 e. The third-order valence-corrected chi connectivity index (χ3v) is 1.52. The zero-order chi connectivity index (χ0) is 9.30. The lowest BCUT2D eigenvalue weighted by Gasteiger charge is -2.03. The molecule has 1 aromatic heterocycles. The molecule has 1 rings (SSSR count). The Kier molecular flexibility index (Phi) is 1.86. The van der Waals surface area contributed by atoms with E-state index in [2.05, 4.69) is 0 Å². The minimum absolute atomic E-state index is 0.0208. The standard InChI is InChI=1S/C7H7NO4/c1-4-5(9)2-3-8(12)6(4)7(10)11/h2-3,12H,1H3,(H,10,11). The highest BCUT2D eigenvalue weighted by Gasteiger charge is 2.13. The lowest BCUT2D eigenvalue weighted by atomic mass is 10.2. The zero-order valence-electron chi connectivity index (χ0n) is 6.31. The maximum absolute atomic E-state index is 10.9. The van der Waals surface area contributed by atoms with Gasteiger partial charge in [0.1, 0.15) is 0 Å². The second-order valence-electron chi connectivity index (χ2n) is 2.30. The van der Waals surface area contributed by atoms with Gasteiger partial charge in [-0.15, -0.1) is 0 Å². The summed E-state index contributed by atoms with van der Waals surface area (Å²) in [5.41, 5.74) is -0.785. The topological polar surface area (TPSA) is 79.5 Å². The van der Waals surface area contributed by atoms with Crippen LogP contribution in [0.3, 0.4) is 0 Å². The van der Waals surface area contributed by atoms with E-state index in [1.807, 2.05) is 0 Å². The molecule has 1 heterocycles. The van der Waals surface area contributed by atoms with Crippen molar-refractivity contribution in [3.8, 4) is 0 Å². The van der Waals surface area contributed by atoms with E-state index in [0.29, 0.717) is 4.73 Å². The lowest BCUT2D eigenvalue weighted by Crippen LogP contribution is -2.18. The monoisotopic (exact) mass is 169 g/mol. The van der Waals surface area contributed by atoms with Crippen molar-refractivity contribution in [2.75, 3.05) is 0 Å². The number of aromatic nitrogens is 1. The third-order valence-electron chi connectivity index (χ3n) is 1.52. The summed E-state index contributed by atoms with van der Waals surface area (Å²) in [6.45, 7) is 1.35. The van der Waals surface area contributed by atoms with Gasteiger partial charge in [0.15, 0.2) is 11.1 Å². The van der Waals surface area contributed by atoms with Gasteiger partial charge in [0.2, 0.25) is 0 Å². The molecule has 0 aliphatic rings. The van der Waals surface area contributed by atoms with E-state index in [-0.39, 0.29) is 5.56 Å². The van der Waals surface area contributed by atoms with Crippen LogP contribution >= 0.6 is 0 Å². The van der Waals surface area contributed by atoms with Crippen molar-refractivity contribution in [2.24, 2.45) is 0 Å². The van der Waals surface area contributed by atoms with Crippen LogP contribution in [0.1, 0.15) is 16.1 Å². The van der Waals surface area contributed by atoms with Gasteiger partial charge in [-0.25, -0.2) is 4.79 Å². The molecule has 0 unspecified atom stereocenters. The molecule has 0 atom stereocenters. The summed E-state index contributed by atoms with van der Waals surface area (Å²) >= 11 is 0. The highest BCUT2D eigenvalue weighted by Crippen LogP contribution is 2.00. The fraction of sp³-hybridized carbons (Fsp3) is 0.143. The summed E-state index contributed by atoms with van der Waals surface area (Å²) in [7, 11) is 0. The fourth-order valence-electron chi connectivity index (χ4n) is 0.885. The molecule has 0 radical (unpaired) electrons. The molecule has 2 N–H and O–H groups in total. The first-order valence-corrected chi connectivity index (χ1v) is 3.19. The van der Waals surface area contributed by atoms with Crippen LogP contribution in [0.25, 0.3) is 0 Å². The predicted molar refractivity (Wildman–Crippen MR) is 39.6 cm³/mol. The highest BCUT2D eigenvalue weighted by molar-refractivity contribution is 5.87. The van der Waals surface area contributed by atoms with Crippen molar-refractivity contribution in [3.05, 3.63) is 33.7 Å². The molecule has 0 aliphatic carbocycles. The van der Waals surface area contributed by atoms with Crippen LogP contribution in [0.5, 0.6) is 0 Å². The van der Waals surface area contributed by atoms with Crippen molar-refractivity contribution in [1.29, 1.82) is 0 Å².